The van der Waals surface area contributed by atoms with Crippen LogP contribution < -0.4 is 10.1 Å². The summed E-state index contributed by atoms with van der Waals surface area (Å²) < 4.78 is 8.12. The van der Waals surface area contributed by atoms with Crippen LogP contribution in [0.25, 0.3) is 0 Å². The maximum absolute atomic E-state index is 6.09. The van der Waals surface area contributed by atoms with Crippen molar-refractivity contribution in [1.29, 1.82) is 0 Å². The molecular weight excluding hydrogens is 324 g/mol. The van der Waals surface area contributed by atoms with Crippen LogP contribution in [0.5, 0.6) is 5.75 Å². The third-order valence-corrected chi connectivity index (χ3v) is 4.20. The Morgan fingerprint density at radius 1 is 1.23 bits per heavy atom. The summed E-state index contributed by atoms with van der Waals surface area (Å²) in [5.74, 6) is 2.47. The van der Waals surface area contributed by atoms with Gasteiger partial charge in [-0.25, -0.2) is 0 Å². The molecule has 0 atom stereocenters. The number of hydrogen-bond acceptors (Lipinski definition) is 4. The maximum atomic E-state index is 6.09. The Balaban J connectivity index is 0.00000117. The van der Waals surface area contributed by atoms with Gasteiger partial charge in [0.15, 0.2) is 0 Å². The Morgan fingerprint density at radius 3 is 2.65 bits per heavy atom. The number of amidine groups is 1. The van der Waals surface area contributed by atoms with Gasteiger partial charge in [0.05, 0.1) is 13.1 Å². The molecular formula is C21H32N4O. The molecule has 142 valence electrons. The first-order valence-corrected chi connectivity index (χ1v) is 9.62. The van der Waals surface area contributed by atoms with Crippen molar-refractivity contribution < 1.29 is 4.74 Å². The third-order valence-electron chi connectivity index (χ3n) is 4.20. The number of aryl methyl sites for hydroxylation is 1. The minimum Gasteiger partial charge on any atom is -0.485 e. The van der Waals surface area contributed by atoms with Crippen molar-refractivity contribution in [2.24, 2.45) is 10.9 Å². The van der Waals surface area contributed by atoms with Gasteiger partial charge in [-0.2, -0.15) is 5.10 Å². The van der Waals surface area contributed by atoms with Crippen LogP contribution in [-0.4, -0.2) is 35.3 Å². The van der Waals surface area contributed by atoms with Crippen LogP contribution in [0, 0.1) is 12.8 Å². The predicted molar refractivity (Wildman–Crippen MR) is 108 cm³/mol. The highest BCUT2D eigenvalue weighted by molar-refractivity contribution is 5.85. The second-order valence-electron chi connectivity index (χ2n) is 6.67. The average Bonchev–Trinajstić information content (AvgIpc) is 3.29. The molecule has 0 bridgehead atoms. The fraction of sp³-hybridized carbons (Fsp3) is 0.524. The first-order chi connectivity index (χ1) is 12.6. The lowest BCUT2D eigenvalue weighted by Gasteiger charge is -2.18. The normalized spacial score (nSPS) is 13.1. The van der Waals surface area contributed by atoms with Crippen LogP contribution in [0.2, 0.25) is 0 Å². The largest absolute Gasteiger partial charge is 0.485 e. The Hall–Kier alpha value is -2.30. The third kappa shape index (κ3) is 5.35. The predicted octanol–water partition coefficient (Wildman–Crippen LogP) is 3.85. The molecule has 2 aromatic rings. The zero-order valence-corrected chi connectivity index (χ0v) is 16.7. The molecule has 1 aromatic carbocycles. The molecule has 0 saturated carbocycles. The molecule has 0 fully saturated rings. The van der Waals surface area contributed by atoms with E-state index in [1.165, 1.54) is 16.8 Å². The Labute approximate surface area is 157 Å². The lowest BCUT2D eigenvalue weighted by Crippen LogP contribution is -2.25. The van der Waals surface area contributed by atoms with Crippen LogP contribution in [-0.2, 0) is 13.0 Å². The molecule has 0 amide bonds. The quantitative estimate of drug-likeness (QED) is 0.820. The zero-order valence-electron chi connectivity index (χ0n) is 16.7. The molecule has 26 heavy (non-hydrogen) atoms. The van der Waals surface area contributed by atoms with E-state index in [1.807, 2.05) is 30.8 Å². The number of ether oxygens (including phenoxy) is 1. The van der Waals surface area contributed by atoms with Crippen molar-refractivity contribution in [1.82, 2.24) is 15.1 Å². The van der Waals surface area contributed by atoms with Gasteiger partial charge in [-0.1, -0.05) is 39.8 Å². The molecule has 1 aliphatic heterocycles. The average molecular weight is 357 g/mol. The molecule has 3 rings (SSSR count). The number of benzene rings is 1. The van der Waals surface area contributed by atoms with E-state index in [9.17, 15) is 0 Å². The molecule has 1 aliphatic rings. The van der Waals surface area contributed by atoms with Crippen LogP contribution in [0.3, 0.4) is 0 Å². The summed E-state index contributed by atoms with van der Waals surface area (Å²) in [6.45, 7) is 13.6. The van der Waals surface area contributed by atoms with Crippen molar-refractivity contribution in [2.75, 3.05) is 19.7 Å². The Morgan fingerprint density at radius 2 is 2.04 bits per heavy atom. The number of hydrogen-bond donors (Lipinski definition) is 1. The summed E-state index contributed by atoms with van der Waals surface area (Å²) in [5.41, 5.74) is 3.72. The summed E-state index contributed by atoms with van der Waals surface area (Å²) in [4.78, 5) is 4.40. The summed E-state index contributed by atoms with van der Waals surface area (Å²) in [6.07, 6.45) is 2.84. The first kappa shape index (κ1) is 20.0. The molecule has 0 saturated heterocycles. The maximum Gasteiger partial charge on any atom is 0.145 e. The highest BCUT2D eigenvalue weighted by atomic mass is 16.5. The highest BCUT2D eigenvalue weighted by Gasteiger charge is 2.14. The van der Waals surface area contributed by atoms with E-state index in [1.54, 1.807) is 0 Å². The van der Waals surface area contributed by atoms with Crippen LogP contribution in [0.1, 0.15) is 44.5 Å². The van der Waals surface area contributed by atoms with E-state index in [2.05, 4.69) is 54.4 Å². The van der Waals surface area contributed by atoms with Gasteiger partial charge in [0, 0.05) is 18.4 Å². The van der Waals surface area contributed by atoms with Crippen molar-refractivity contribution in [3.8, 4) is 5.75 Å². The van der Waals surface area contributed by atoms with E-state index in [4.69, 9.17) is 4.74 Å². The second-order valence-corrected chi connectivity index (χ2v) is 6.67. The van der Waals surface area contributed by atoms with Gasteiger partial charge >= 0.3 is 0 Å². The molecule has 0 spiro atoms. The fourth-order valence-electron chi connectivity index (χ4n) is 2.95. The standard InChI is InChI=1S/C19H26N4O.C2H6/c1-14(2)11-17-16(12-23-15(3)7-8-22-23)5-4-6-18(17)24-13-19-20-9-10-21-19;1-2/h4-8,14H,9-13H2,1-3H3,(H,20,21);1-2H3. The van der Waals surface area contributed by atoms with Crippen molar-refractivity contribution in [3.63, 3.8) is 0 Å². The van der Waals surface area contributed by atoms with Gasteiger partial charge < -0.3 is 10.1 Å². The van der Waals surface area contributed by atoms with Gasteiger partial charge in [0.1, 0.15) is 18.2 Å². The summed E-state index contributed by atoms with van der Waals surface area (Å²) in [6, 6.07) is 8.34. The van der Waals surface area contributed by atoms with Gasteiger partial charge in [-0.3, -0.25) is 9.67 Å². The topological polar surface area (TPSA) is 51.4 Å². The smallest absolute Gasteiger partial charge is 0.145 e. The highest BCUT2D eigenvalue weighted by Crippen LogP contribution is 2.26. The van der Waals surface area contributed by atoms with E-state index in [0.29, 0.717) is 12.5 Å². The molecule has 0 aliphatic carbocycles. The minimum atomic E-state index is 0.509. The summed E-state index contributed by atoms with van der Waals surface area (Å²) in [5, 5.41) is 7.67. The number of nitrogens with zero attached hydrogens (tertiary/aromatic N) is 3. The van der Waals surface area contributed by atoms with Crippen LogP contribution in [0.4, 0.5) is 0 Å². The minimum absolute atomic E-state index is 0.509. The van der Waals surface area contributed by atoms with E-state index in [0.717, 1.165) is 37.6 Å². The molecule has 0 unspecified atom stereocenters. The molecule has 5 nitrogen and oxygen atoms in total. The van der Waals surface area contributed by atoms with E-state index < -0.39 is 0 Å². The van der Waals surface area contributed by atoms with Crippen LogP contribution in [0.15, 0.2) is 35.5 Å². The number of rotatable bonds is 7. The molecule has 1 aromatic heterocycles. The van der Waals surface area contributed by atoms with Crippen LogP contribution >= 0.6 is 0 Å². The monoisotopic (exact) mass is 356 g/mol. The first-order valence-electron chi connectivity index (χ1n) is 9.62. The van der Waals surface area contributed by atoms with Gasteiger partial charge in [-0.15, -0.1) is 0 Å². The number of aromatic nitrogens is 2. The Bertz CT molecular complexity index is 719. The van der Waals surface area contributed by atoms with E-state index >= 15 is 0 Å². The van der Waals surface area contributed by atoms with Crippen molar-refractivity contribution >= 4 is 5.84 Å². The van der Waals surface area contributed by atoms with Gasteiger partial charge in [0.25, 0.3) is 0 Å². The summed E-state index contributed by atoms with van der Waals surface area (Å²) >= 11 is 0. The Kier molecular flexibility index (Phi) is 7.70. The molecule has 5 heteroatoms. The van der Waals surface area contributed by atoms with Gasteiger partial charge in [-0.05, 0) is 42.5 Å². The van der Waals surface area contributed by atoms with Crippen molar-refractivity contribution in [2.45, 2.75) is 47.6 Å². The summed E-state index contributed by atoms with van der Waals surface area (Å²) in [7, 11) is 0. The zero-order chi connectivity index (χ0) is 18.9. The number of aliphatic imine (C=N–C) groups is 1. The molecule has 0 radical (unpaired) electrons. The second kappa shape index (κ2) is 10.00. The van der Waals surface area contributed by atoms with Gasteiger partial charge in [0.2, 0.25) is 0 Å². The lowest BCUT2D eigenvalue weighted by atomic mass is 9.97. The van der Waals surface area contributed by atoms with Crippen molar-refractivity contribution in [3.05, 3.63) is 47.3 Å². The molecule has 1 N–H and O–H groups in total. The SMILES string of the molecule is CC.Cc1ccnn1Cc1cccc(OCC2=NCCN2)c1CC(C)C. The number of nitrogens with one attached hydrogen (secondary N) is 1. The fourth-order valence-corrected chi connectivity index (χ4v) is 2.95. The van der Waals surface area contributed by atoms with E-state index in [-0.39, 0.29) is 0 Å². The molecule has 2 heterocycles. The lowest BCUT2D eigenvalue weighted by molar-refractivity contribution is 0.366.